The van der Waals surface area contributed by atoms with Gasteiger partial charge in [0.15, 0.2) is 0 Å². The van der Waals surface area contributed by atoms with Gasteiger partial charge >= 0.3 is 0 Å². The topological polar surface area (TPSA) is 122 Å². The summed E-state index contributed by atoms with van der Waals surface area (Å²) >= 11 is 0. The van der Waals surface area contributed by atoms with Gasteiger partial charge in [-0.05, 0) is 79.2 Å². The van der Waals surface area contributed by atoms with Crippen molar-refractivity contribution in [3.63, 3.8) is 0 Å². The average molecular weight is 470 g/mol. The first-order valence-electron chi connectivity index (χ1n) is 11.6. The molecule has 0 aliphatic carbocycles. The fourth-order valence-electron chi connectivity index (χ4n) is 4.73. The largest absolute Gasteiger partial charge is 0.496 e. The van der Waals surface area contributed by atoms with E-state index in [0.29, 0.717) is 45.1 Å². The predicted molar refractivity (Wildman–Crippen MR) is 137 cm³/mol. The number of benzene rings is 2. The number of anilines is 2. The van der Waals surface area contributed by atoms with Crippen molar-refractivity contribution >= 4 is 28.2 Å². The number of piperidine rings is 1. The average Bonchev–Trinajstić information content (AvgIpc) is 2.89. The van der Waals surface area contributed by atoms with E-state index in [2.05, 4.69) is 27.8 Å². The van der Waals surface area contributed by atoms with Crippen LogP contribution in [0.15, 0.2) is 65.6 Å². The van der Waals surface area contributed by atoms with E-state index in [-0.39, 0.29) is 5.56 Å². The van der Waals surface area contributed by atoms with Crippen molar-refractivity contribution in [2.45, 2.75) is 18.8 Å². The molecule has 2 aromatic carbocycles. The van der Waals surface area contributed by atoms with Crippen LogP contribution in [0.1, 0.15) is 34.7 Å². The maximum absolute atomic E-state index is 12.8. The molecule has 1 aliphatic heterocycles. The van der Waals surface area contributed by atoms with Crippen LogP contribution in [0.2, 0.25) is 0 Å². The van der Waals surface area contributed by atoms with Gasteiger partial charge in [-0.2, -0.15) is 0 Å². The molecule has 0 radical (unpaired) electrons. The van der Waals surface area contributed by atoms with E-state index < -0.39 is 5.91 Å². The third kappa shape index (κ3) is 4.48. The minimum Gasteiger partial charge on any atom is -0.496 e. The van der Waals surface area contributed by atoms with Crippen molar-refractivity contribution < 1.29 is 9.53 Å². The van der Waals surface area contributed by atoms with Gasteiger partial charge in [0.05, 0.1) is 29.3 Å². The van der Waals surface area contributed by atoms with E-state index in [0.717, 1.165) is 31.6 Å². The van der Waals surface area contributed by atoms with Crippen molar-refractivity contribution in [3.8, 4) is 17.0 Å². The number of fused-ring (bicyclic) bond motifs is 1. The molecule has 0 saturated carbocycles. The van der Waals surface area contributed by atoms with Crippen molar-refractivity contribution in [1.82, 2.24) is 15.3 Å². The number of nitrogens with zero attached hydrogens (tertiary/aromatic N) is 1. The van der Waals surface area contributed by atoms with E-state index in [1.54, 1.807) is 36.5 Å². The Balaban J connectivity index is 1.60. The molecular weight excluding hydrogens is 442 g/mol. The molecule has 0 bridgehead atoms. The number of nitrogens with one attached hydrogen (secondary N) is 3. The van der Waals surface area contributed by atoms with Gasteiger partial charge in [0.25, 0.3) is 5.56 Å². The van der Waals surface area contributed by atoms with Crippen LogP contribution >= 0.6 is 0 Å². The number of hydrogen-bond donors (Lipinski definition) is 4. The van der Waals surface area contributed by atoms with Gasteiger partial charge in [0, 0.05) is 11.9 Å². The molecular formula is C27H27N5O3. The number of aromatic nitrogens is 2. The second-order valence-corrected chi connectivity index (χ2v) is 8.65. The molecule has 4 aromatic rings. The van der Waals surface area contributed by atoms with Crippen LogP contribution in [0.3, 0.4) is 0 Å². The number of aromatic amines is 1. The van der Waals surface area contributed by atoms with E-state index in [1.807, 2.05) is 12.1 Å². The second kappa shape index (κ2) is 9.60. The number of amides is 1. The molecule has 8 heteroatoms. The molecule has 1 aliphatic rings. The van der Waals surface area contributed by atoms with Crippen LogP contribution in [0.5, 0.6) is 5.75 Å². The summed E-state index contributed by atoms with van der Waals surface area (Å²) < 4.78 is 5.51. The standard InChI is InChI=1S/C27H27N5O3/c1-35-22-4-2-3-20(25(28)33)24(22)21-15-18-11-14-30-27(34)23(18)26(32-21)31-19-7-5-16(6-8-19)17-9-12-29-13-10-17/h2-8,11,14-15,17,29H,9-10,12-13H2,1H3,(H2,28,33)(H,30,34)(H,31,32). The van der Waals surface area contributed by atoms with Crippen molar-refractivity contribution in [3.05, 3.63) is 82.3 Å². The second-order valence-electron chi connectivity index (χ2n) is 8.65. The smallest absolute Gasteiger partial charge is 0.259 e. The summed E-state index contributed by atoms with van der Waals surface area (Å²) in [5.41, 5.74) is 8.76. The van der Waals surface area contributed by atoms with E-state index >= 15 is 0 Å². The first-order chi connectivity index (χ1) is 17.0. The molecule has 1 amide bonds. The third-order valence-electron chi connectivity index (χ3n) is 6.51. The van der Waals surface area contributed by atoms with Gasteiger partial charge in [-0.3, -0.25) is 9.59 Å². The summed E-state index contributed by atoms with van der Waals surface area (Å²) in [6.07, 6.45) is 3.83. The zero-order valence-electron chi connectivity index (χ0n) is 19.4. The quantitative estimate of drug-likeness (QED) is 0.340. The summed E-state index contributed by atoms with van der Waals surface area (Å²) in [5.74, 6) is 0.813. The number of H-pyrrole nitrogens is 1. The van der Waals surface area contributed by atoms with Crippen LogP contribution in [-0.4, -0.2) is 36.1 Å². The normalized spacial score (nSPS) is 14.1. The van der Waals surface area contributed by atoms with Gasteiger partial charge in [-0.15, -0.1) is 0 Å². The molecule has 178 valence electrons. The summed E-state index contributed by atoms with van der Waals surface area (Å²) in [7, 11) is 1.53. The number of nitrogens with two attached hydrogens (primary N) is 1. The number of methoxy groups -OCH3 is 1. The van der Waals surface area contributed by atoms with Gasteiger partial charge in [0.2, 0.25) is 5.91 Å². The molecule has 0 unspecified atom stereocenters. The molecule has 3 heterocycles. The maximum Gasteiger partial charge on any atom is 0.259 e. The predicted octanol–water partition coefficient (Wildman–Crippen LogP) is 3.91. The minimum absolute atomic E-state index is 0.259. The van der Waals surface area contributed by atoms with Gasteiger partial charge in [-0.1, -0.05) is 18.2 Å². The number of carbonyl (C=O) groups is 1. The Labute approximate surface area is 202 Å². The summed E-state index contributed by atoms with van der Waals surface area (Å²) in [6, 6.07) is 16.9. The van der Waals surface area contributed by atoms with E-state index in [1.165, 1.54) is 12.7 Å². The zero-order chi connectivity index (χ0) is 24.4. The highest BCUT2D eigenvalue weighted by molar-refractivity contribution is 6.03. The molecule has 35 heavy (non-hydrogen) atoms. The van der Waals surface area contributed by atoms with Crippen molar-refractivity contribution in [1.29, 1.82) is 0 Å². The van der Waals surface area contributed by atoms with Crippen LogP contribution in [0.25, 0.3) is 22.0 Å². The molecule has 0 spiro atoms. The van der Waals surface area contributed by atoms with Crippen LogP contribution in [0, 0.1) is 0 Å². The Morgan fingerprint density at radius 1 is 1.11 bits per heavy atom. The number of primary amides is 1. The Kier molecular flexibility index (Phi) is 6.20. The molecule has 0 atom stereocenters. The van der Waals surface area contributed by atoms with E-state index in [4.69, 9.17) is 15.5 Å². The van der Waals surface area contributed by atoms with Crippen LogP contribution in [-0.2, 0) is 0 Å². The fourth-order valence-corrected chi connectivity index (χ4v) is 4.73. The molecule has 1 saturated heterocycles. The van der Waals surface area contributed by atoms with Crippen LogP contribution < -0.4 is 26.7 Å². The lowest BCUT2D eigenvalue weighted by Gasteiger charge is -2.23. The third-order valence-corrected chi connectivity index (χ3v) is 6.51. The molecule has 2 aromatic heterocycles. The monoisotopic (exact) mass is 469 g/mol. The van der Waals surface area contributed by atoms with Crippen molar-refractivity contribution in [2.24, 2.45) is 5.73 Å². The van der Waals surface area contributed by atoms with Crippen molar-refractivity contribution in [2.75, 3.05) is 25.5 Å². The summed E-state index contributed by atoms with van der Waals surface area (Å²) in [6.45, 7) is 2.07. The first-order valence-corrected chi connectivity index (χ1v) is 11.6. The maximum atomic E-state index is 12.8. The number of ether oxygens (including phenoxy) is 1. The SMILES string of the molecule is COc1cccc(C(N)=O)c1-c1cc2cc[nH]c(=O)c2c(Nc2ccc(C3CCNCC3)cc2)n1. The van der Waals surface area contributed by atoms with Gasteiger partial charge in [0.1, 0.15) is 11.6 Å². The van der Waals surface area contributed by atoms with Crippen LogP contribution in [0.4, 0.5) is 11.5 Å². The van der Waals surface area contributed by atoms with E-state index in [9.17, 15) is 9.59 Å². The number of pyridine rings is 2. The Hall–Kier alpha value is -4.17. The summed E-state index contributed by atoms with van der Waals surface area (Å²) in [5, 5.41) is 7.81. The highest BCUT2D eigenvalue weighted by Gasteiger charge is 2.20. The lowest BCUT2D eigenvalue weighted by atomic mass is 9.90. The summed E-state index contributed by atoms with van der Waals surface area (Å²) in [4.78, 5) is 32.4. The molecule has 8 nitrogen and oxygen atoms in total. The lowest BCUT2D eigenvalue weighted by Crippen LogP contribution is -2.26. The van der Waals surface area contributed by atoms with Gasteiger partial charge < -0.3 is 26.1 Å². The van der Waals surface area contributed by atoms with Gasteiger partial charge in [-0.25, -0.2) is 4.98 Å². The Morgan fingerprint density at radius 3 is 2.60 bits per heavy atom. The number of hydrogen-bond acceptors (Lipinski definition) is 6. The first kappa shape index (κ1) is 22.6. The number of carbonyl (C=O) groups excluding carboxylic acids is 1. The highest BCUT2D eigenvalue weighted by atomic mass is 16.5. The molecule has 5 rings (SSSR count). The number of rotatable bonds is 6. The minimum atomic E-state index is -0.588. The fraction of sp³-hybridized carbons (Fsp3) is 0.222. The molecule has 5 N–H and O–H groups in total. The lowest BCUT2D eigenvalue weighted by molar-refractivity contribution is 0.100. The Bertz CT molecular complexity index is 1440. The Morgan fingerprint density at radius 2 is 1.89 bits per heavy atom. The zero-order valence-corrected chi connectivity index (χ0v) is 19.4. The molecule has 1 fully saturated rings. The highest BCUT2D eigenvalue weighted by Crippen LogP contribution is 2.36.